The monoisotopic (exact) mass is 251 g/mol. The highest BCUT2D eigenvalue weighted by atomic mass is 127. The van der Waals surface area contributed by atoms with E-state index in [9.17, 15) is 4.79 Å². The second kappa shape index (κ2) is 2.57. The van der Waals surface area contributed by atoms with Crippen molar-refractivity contribution in [3.05, 3.63) is 22.2 Å². The number of rotatable bonds is 0. The van der Waals surface area contributed by atoms with Gasteiger partial charge in [0.05, 0.1) is 22.9 Å². The Morgan fingerprint density at radius 1 is 1.80 bits per heavy atom. The van der Waals surface area contributed by atoms with Crippen LogP contribution >= 0.6 is 22.9 Å². The van der Waals surface area contributed by atoms with E-state index in [4.69, 9.17) is 5.73 Å². The Labute approximate surface area is 71.6 Å². The highest BCUT2D eigenvalue weighted by molar-refractivity contribution is 14.1. The van der Waals surface area contributed by atoms with Gasteiger partial charge in [0.15, 0.2) is 0 Å². The molecule has 0 fully saturated rings. The summed E-state index contributed by atoms with van der Waals surface area (Å²) in [4.78, 5) is 14.3. The fourth-order valence-electron chi connectivity index (χ4n) is 0.530. The van der Waals surface area contributed by atoms with Crippen molar-refractivity contribution in [1.82, 2.24) is 7.76 Å². The standard InChI is InChI=1S/C5H6IN3O/c1-3-2-9(6)5(10)8-4(3)7/h2H,1H3,(H2,7,8,10). The van der Waals surface area contributed by atoms with Crippen molar-refractivity contribution in [2.45, 2.75) is 6.92 Å². The van der Waals surface area contributed by atoms with Gasteiger partial charge >= 0.3 is 5.69 Å². The molecule has 0 unspecified atom stereocenters. The van der Waals surface area contributed by atoms with Crippen LogP contribution in [-0.2, 0) is 0 Å². The summed E-state index contributed by atoms with van der Waals surface area (Å²) in [6.45, 7) is 1.80. The summed E-state index contributed by atoms with van der Waals surface area (Å²) in [5.74, 6) is 0.304. The summed E-state index contributed by atoms with van der Waals surface area (Å²) >= 11 is 1.85. The van der Waals surface area contributed by atoms with E-state index in [1.807, 2.05) is 22.9 Å². The van der Waals surface area contributed by atoms with Gasteiger partial charge in [-0.2, -0.15) is 4.98 Å². The third kappa shape index (κ3) is 1.28. The van der Waals surface area contributed by atoms with Crippen molar-refractivity contribution in [3.8, 4) is 0 Å². The third-order valence-electron chi connectivity index (χ3n) is 1.11. The maximum atomic E-state index is 10.8. The molecule has 0 bridgehead atoms. The average Bonchev–Trinajstić information content (AvgIpc) is 1.84. The maximum absolute atomic E-state index is 10.8. The Balaban J connectivity index is 3.43. The summed E-state index contributed by atoms with van der Waals surface area (Å²) in [5, 5.41) is 0. The first-order valence-electron chi connectivity index (χ1n) is 2.63. The number of anilines is 1. The second-order valence-corrected chi connectivity index (χ2v) is 2.94. The van der Waals surface area contributed by atoms with Crippen LogP contribution in [0.4, 0.5) is 5.82 Å². The molecule has 1 heterocycles. The fourth-order valence-corrected chi connectivity index (χ4v) is 1.06. The number of nitrogens with two attached hydrogens (primary N) is 1. The molecule has 54 valence electrons. The normalized spacial score (nSPS) is 9.80. The molecule has 0 radical (unpaired) electrons. The van der Waals surface area contributed by atoms with Crippen molar-refractivity contribution < 1.29 is 0 Å². The molecule has 1 rings (SSSR count). The van der Waals surface area contributed by atoms with E-state index in [1.165, 1.54) is 2.78 Å². The third-order valence-corrected chi connectivity index (χ3v) is 1.80. The number of nitrogen functional groups attached to an aromatic ring is 1. The van der Waals surface area contributed by atoms with Gasteiger partial charge in [-0.05, 0) is 6.92 Å². The lowest BCUT2D eigenvalue weighted by Crippen LogP contribution is -2.17. The van der Waals surface area contributed by atoms with Gasteiger partial charge in [-0.1, -0.05) is 0 Å². The predicted molar refractivity (Wildman–Crippen MR) is 47.1 cm³/mol. The molecule has 1 aromatic heterocycles. The van der Waals surface area contributed by atoms with Gasteiger partial charge in [0.25, 0.3) is 0 Å². The molecule has 0 amide bonds. The molecule has 1 aromatic rings. The summed E-state index contributed by atoms with van der Waals surface area (Å²) in [5.41, 5.74) is 5.85. The highest BCUT2D eigenvalue weighted by Gasteiger charge is 1.97. The number of nitrogens with zero attached hydrogens (tertiary/aromatic N) is 2. The van der Waals surface area contributed by atoms with Gasteiger partial charge in [-0.3, -0.25) is 0 Å². The van der Waals surface area contributed by atoms with E-state index in [0.717, 1.165) is 5.56 Å². The Kier molecular flexibility index (Phi) is 1.93. The molecule has 2 N–H and O–H groups in total. The van der Waals surface area contributed by atoms with Crippen molar-refractivity contribution in [2.24, 2.45) is 0 Å². The molecule has 0 spiro atoms. The lowest BCUT2D eigenvalue weighted by molar-refractivity contribution is 1.04. The minimum absolute atomic E-state index is 0.304. The average molecular weight is 251 g/mol. The van der Waals surface area contributed by atoms with Crippen LogP contribution in [0.1, 0.15) is 5.56 Å². The smallest absolute Gasteiger partial charge is 0.358 e. The minimum Gasteiger partial charge on any atom is -0.383 e. The number of aryl methyl sites for hydroxylation is 1. The Morgan fingerprint density at radius 2 is 2.40 bits per heavy atom. The van der Waals surface area contributed by atoms with Crippen LogP contribution < -0.4 is 11.4 Å². The molecular formula is C5H6IN3O. The van der Waals surface area contributed by atoms with Gasteiger partial charge in [0.1, 0.15) is 5.82 Å². The van der Waals surface area contributed by atoms with Crippen LogP contribution in [0.15, 0.2) is 11.0 Å². The second-order valence-electron chi connectivity index (χ2n) is 1.90. The maximum Gasteiger partial charge on any atom is 0.358 e. The highest BCUT2D eigenvalue weighted by Crippen LogP contribution is 2.02. The Morgan fingerprint density at radius 3 is 2.90 bits per heavy atom. The molecule has 4 nitrogen and oxygen atoms in total. The first-order chi connectivity index (χ1) is 4.61. The molecule has 0 aliphatic carbocycles. The van der Waals surface area contributed by atoms with Crippen molar-refractivity contribution >= 4 is 28.7 Å². The van der Waals surface area contributed by atoms with Crippen LogP contribution in [0.5, 0.6) is 0 Å². The van der Waals surface area contributed by atoms with E-state index < -0.39 is 0 Å². The molecule has 0 aromatic carbocycles. The molecule has 10 heavy (non-hydrogen) atoms. The Bertz CT molecular complexity index is 306. The van der Waals surface area contributed by atoms with E-state index in [2.05, 4.69) is 4.98 Å². The summed E-state index contributed by atoms with van der Waals surface area (Å²) < 4.78 is 1.36. The minimum atomic E-state index is -0.330. The fraction of sp³-hybridized carbons (Fsp3) is 0.200. The molecule has 0 aliphatic rings. The number of hydrogen-bond donors (Lipinski definition) is 1. The van der Waals surface area contributed by atoms with E-state index in [0.29, 0.717) is 5.82 Å². The first kappa shape index (κ1) is 7.52. The lowest BCUT2D eigenvalue weighted by Gasteiger charge is -1.97. The molecule has 0 aliphatic heterocycles. The van der Waals surface area contributed by atoms with Crippen molar-refractivity contribution in [2.75, 3.05) is 5.73 Å². The zero-order chi connectivity index (χ0) is 7.72. The Hall–Kier alpha value is -0.590. The largest absolute Gasteiger partial charge is 0.383 e. The number of halogens is 1. The molecule has 0 saturated heterocycles. The molecule has 5 heteroatoms. The molecular weight excluding hydrogens is 245 g/mol. The van der Waals surface area contributed by atoms with E-state index in [-0.39, 0.29) is 5.69 Å². The quantitative estimate of drug-likeness (QED) is 0.676. The van der Waals surface area contributed by atoms with Crippen molar-refractivity contribution in [1.29, 1.82) is 0 Å². The van der Waals surface area contributed by atoms with E-state index in [1.54, 1.807) is 13.1 Å². The van der Waals surface area contributed by atoms with Gasteiger partial charge in [-0.25, -0.2) is 7.58 Å². The van der Waals surface area contributed by atoms with Gasteiger partial charge in [0, 0.05) is 11.8 Å². The predicted octanol–water partition coefficient (Wildman–Crippen LogP) is 0.332. The topological polar surface area (TPSA) is 60.9 Å². The van der Waals surface area contributed by atoms with Crippen LogP contribution in [0.3, 0.4) is 0 Å². The summed E-state index contributed by atoms with van der Waals surface area (Å²) in [6.07, 6.45) is 1.64. The lowest BCUT2D eigenvalue weighted by atomic mass is 10.4. The number of hydrogen-bond acceptors (Lipinski definition) is 3. The molecule has 0 saturated carbocycles. The van der Waals surface area contributed by atoms with Gasteiger partial charge in [0.2, 0.25) is 0 Å². The van der Waals surface area contributed by atoms with Gasteiger partial charge in [-0.15, -0.1) is 0 Å². The first-order valence-corrected chi connectivity index (χ1v) is 3.59. The summed E-state index contributed by atoms with van der Waals surface area (Å²) in [6, 6.07) is 0. The zero-order valence-electron chi connectivity index (χ0n) is 5.34. The van der Waals surface area contributed by atoms with Crippen LogP contribution in [0, 0.1) is 6.92 Å². The molecule has 0 atom stereocenters. The summed E-state index contributed by atoms with van der Waals surface area (Å²) in [7, 11) is 0. The SMILES string of the molecule is Cc1cn(I)c(=O)nc1N. The number of aromatic nitrogens is 2. The van der Waals surface area contributed by atoms with Crippen LogP contribution in [0.25, 0.3) is 0 Å². The van der Waals surface area contributed by atoms with Crippen molar-refractivity contribution in [3.63, 3.8) is 0 Å². The zero-order valence-corrected chi connectivity index (χ0v) is 7.49. The van der Waals surface area contributed by atoms with Gasteiger partial charge < -0.3 is 5.73 Å². The van der Waals surface area contributed by atoms with Crippen LogP contribution in [0.2, 0.25) is 0 Å². The van der Waals surface area contributed by atoms with Crippen LogP contribution in [-0.4, -0.2) is 7.76 Å². The van der Waals surface area contributed by atoms with E-state index >= 15 is 0 Å².